The van der Waals surface area contributed by atoms with Crippen molar-refractivity contribution < 1.29 is 9.53 Å². The minimum atomic E-state index is -0.200. The van der Waals surface area contributed by atoms with Crippen LogP contribution in [0.1, 0.15) is 28.3 Å². The smallest absolute Gasteiger partial charge is 0.274 e. The predicted octanol–water partition coefficient (Wildman–Crippen LogP) is 0.850. The lowest BCUT2D eigenvalue weighted by Crippen LogP contribution is -2.39. The van der Waals surface area contributed by atoms with E-state index >= 15 is 0 Å². The van der Waals surface area contributed by atoms with E-state index in [2.05, 4.69) is 15.0 Å². The van der Waals surface area contributed by atoms with Gasteiger partial charge in [-0.05, 0) is 33.4 Å². The van der Waals surface area contributed by atoms with Crippen LogP contribution in [0, 0.1) is 13.8 Å². The van der Waals surface area contributed by atoms with Crippen LogP contribution in [-0.2, 0) is 4.74 Å². The van der Waals surface area contributed by atoms with Gasteiger partial charge in [-0.2, -0.15) is 5.10 Å². The summed E-state index contributed by atoms with van der Waals surface area (Å²) < 4.78 is 7.65. The molecule has 1 spiro atoms. The first kappa shape index (κ1) is 14.6. The number of ether oxygens (including phenoxy) is 1. The van der Waals surface area contributed by atoms with Crippen molar-refractivity contribution >= 4 is 11.6 Å². The molecule has 0 aliphatic carbocycles. The summed E-state index contributed by atoms with van der Waals surface area (Å²) in [7, 11) is 2.04. The quantitative estimate of drug-likeness (QED) is 0.781. The Hall–Kier alpha value is -1.99. The predicted molar refractivity (Wildman–Crippen MR) is 84.3 cm³/mol. The topological polar surface area (TPSA) is 63.0 Å². The molecule has 2 aliphatic heterocycles. The number of hydrogen-bond donors (Lipinski definition) is 0. The van der Waals surface area contributed by atoms with Gasteiger partial charge in [0, 0.05) is 30.5 Å². The third kappa shape index (κ3) is 2.40. The molecular formula is C16H21N5O2. The number of carbonyl (C=O) groups excluding carboxylic acids is 1. The highest BCUT2D eigenvalue weighted by Gasteiger charge is 2.45. The second kappa shape index (κ2) is 5.01. The monoisotopic (exact) mass is 315 g/mol. The maximum absolute atomic E-state index is 12.8. The van der Waals surface area contributed by atoms with Gasteiger partial charge in [0.05, 0.1) is 13.3 Å². The van der Waals surface area contributed by atoms with Gasteiger partial charge in [0.1, 0.15) is 5.60 Å². The van der Waals surface area contributed by atoms with Crippen LogP contribution in [0.2, 0.25) is 0 Å². The molecule has 2 saturated heterocycles. The summed E-state index contributed by atoms with van der Waals surface area (Å²) in [6.45, 7) is 6.78. The summed E-state index contributed by atoms with van der Waals surface area (Å²) in [5.74, 6) is -0.0393. The molecule has 0 saturated carbocycles. The van der Waals surface area contributed by atoms with Crippen molar-refractivity contribution in [2.75, 3.05) is 33.4 Å². The maximum atomic E-state index is 12.8. The molecule has 2 aromatic rings. The molecule has 0 radical (unpaired) electrons. The Morgan fingerprint density at radius 2 is 2.13 bits per heavy atom. The van der Waals surface area contributed by atoms with Crippen LogP contribution in [0.5, 0.6) is 0 Å². The van der Waals surface area contributed by atoms with Gasteiger partial charge in [-0.25, -0.2) is 9.50 Å². The minimum Gasteiger partial charge on any atom is -0.356 e. The molecule has 7 heteroatoms. The number of nitrogens with zero attached hydrogens (tertiary/aromatic N) is 5. The molecule has 23 heavy (non-hydrogen) atoms. The molecule has 2 fully saturated rings. The van der Waals surface area contributed by atoms with E-state index in [-0.39, 0.29) is 11.5 Å². The molecule has 0 bridgehead atoms. The Morgan fingerprint density at radius 3 is 2.87 bits per heavy atom. The third-order valence-electron chi connectivity index (χ3n) is 4.71. The number of aryl methyl sites for hydroxylation is 2. The van der Waals surface area contributed by atoms with E-state index in [1.807, 2.05) is 31.9 Å². The molecule has 1 atom stereocenters. The fourth-order valence-electron chi connectivity index (χ4n) is 3.65. The van der Waals surface area contributed by atoms with Crippen molar-refractivity contribution in [1.82, 2.24) is 24.4 Å². The Kier molecular flexibility index (Phi) is 3.18. The summed E-state index contributed by atoms with van der Waals surface area (Å²) in [4.78, 5) is 21.2. The lowest BCUT2D eigenvalue weighted by Gasteiger charge is -2.22. The minimum absolute atomic E-state index is 0.0393. The van der Waals surface area contributed by atoms with Crippen molar-refractivity contribution in [3.05, 3.63) is 29.2 Å². The lowest BCUT2D eigenvalue weighted by atomic mass is 10.0. The highest BCUT2D eigenvalue weighted by atomic mass is 16.5. The third-order valence-corrected chi connectivity index (χ3v) is 4.71. The van der Waals surface area contributed by atoms with E-state index < -0.39 is 0 Å². The average molecular weight is 315 g/mol. The Labute approximate surface area is 134 Å². The van der Waals surface area contributed by atoms with Crippen molar-refractivity contribution in [2.45, 2.75) is 25.9 Å². The summed E-state index contributed by atoms with van der Waals surface area (Å²) >= 11 is 0. The van der Waals surface area contributed by atoms with Gasteiger partial charge in [-0.1, -0.05) is 0 Å². The highest BCUT2D eigenvalue weighted by Crippen LogP contribution is 2.31. The molecule has 2 aromatic heterocycles. The Morgan fingerprint density at radius 1 is 1.30 bits per heavy atom. The molecule has 4 rings (SSSR count). The maximum Gasteiger partial charge on any atom is 0.274 e. The normalized spacial score (nSPS) is 25.1. The number of likely N-dealkylation sites (N-methyl/N-ethyl adjacent to an activating group) is 1. The van der Waals surface area contributed by atoms with Gasteiger partial charge < -0.3 is 9.64 Å². The first-order valence-electron chi connectivity index (χ1n) is 7.92. The van der Waals surface area contributed by atoms with Gasteiger partial charge in [0.2, 0.25) is 0 Å². The van der Waals surface area contributed by atoms with Gasteiger partial charge in [-0.3, -0.25) is 9.69 Å². The largest absolute Gasteiger partial charge is 0.356 e. The van der Waals surface area contributed by atoms with Crippen molar-refractivity contribution in [1.29, 1.82) is 0 Å². The number of fused-ring (bicyclic) bond motifs is 1. The van der Waals surface area contributed by atoms with Gasteiger partial charge in [0.15, 0.2) is 11.3 Å². The van der Waals surface area contributed by atoms with E-state index in [4.69, 9.17) is 4.74 Å². The van der Waals surface area contributed by atoms with Crippen LogP contribution in [-0.4, -0.2) is 69.3 Å². The number of carbonyl (C=O) groups is 1. The summed E-state index contributed by atoms with van der Waals surface area (Å²) in [6, 6.07) is 3.73. The molecular weight excluding hydrogens is 294 g/mol. The fraction of sp³-hybridized carbons (Fsp3) is 0.562. The molecule has 2 aliphatic rings. The molecule has 1 unspecified atom stereocenters. The Balaban J connectivity index is 1.59. The second-order valence-electron chi connectivity index (χ2n) is 6.79. The highest BCUT2D eigenvalue weighted by molar-refractivity contribution is 5.93. The number of aromatic nitrogens is 3. The molecule has 0 N–H and O–H groups in total. The van der Waals surface area contributed by atoms with Crippen molar-refractivity contribution in [3.8, 4) is 0 Å². The van der Waals surface area contributed by atoms with E-state index in [1.54, 1.807) is 10.6 Å². The van der Waals surface area contributed by atoms with E-state index in [0.717, 1.165) is 30.0 Å². The molecule has 122 valence electrons. The van der Waals surface area contributed by atoms with Crippen LogP contribution in [0.25, 0.3) is 5.65 Å². The van der Waals surface area contributed by atoms with Crippen LogP contribution < -0.4 is 0 Å². The molecule has 7 nitrogen and oxygen atoms in total. The molecule has 1 amide bonds. The zero-order valence-corrected chi connectivity index (χ0v) is 13.7. The summed E-state index contributed by atoms with van der Waals surface area (Å²) in [5.41, 5.74) is 2.88. The first-order valence-corrected chi connectivity index (χ1v) is 7.92. The van der Waals surface area contributed by atoms with Crippen LogP contribution in [0.15, 0.2) is 12.1 Å². The van der Waals surface area contributed by atoms with Crippen molar-refractivity contribution in [3.63, 3.8) is 0 Å². The van der Waals surface area contributed by atoms with E-state index in [1.165, 1.54) is 0 Å². The average Bonchev–Trinajstić information content (AvgIpc) is 3.18. The molecule has 4 heterocycles. The van der Waals surface area contributed by atoms with E-state index in [9.17, 15) is 4.79 Å². The van der Waals surface area contributed by atoms with E-state index in [0.29, 0.717) is 25.5 Å². The van der Waals surface area contributed by atoms with Gasteiger partial charge in [-0.15, -0.1) is 0 Å². The molecule has 0 aromatic carbocycles. The zero-order valence-electron chi connectivity index (χ0n) is 13.7. The van der Waals surface area contributed by atoms with Crippen molar-refractivity contribution in [2.24, 2.45) is 0 Å². The number of likely N-dealkylation sites (tertiary alicyclic amines) is 1. The fourth-order valence-corrected chi connectivity index (χ4v) is 3.65. The second-order valence-corrected chi connectivity index (χ2v) is 6.79. The van der Waals surface area contributed by atoms with Crippen LogP contribution in [0.4, 0.5) is 0 Å². The summed E-state index contributed by atoms with van der Waals surface area (Å²) in [6.07, 6.45) is 0.882. The SMILES string of the molecule is Cc1cc(C)n2nc(C(=O)N3CCC4(CN(C)CO4)C3)cc2n1. The summed E-state index contributed by atoms with van der Waals surface area (Å²) in [5, 5.41) is 4.44. The first-order chi connectivity index (χ1) is 11.0. The standard InChI is InChI=1S/C16H21N5O2/c1-11-6-12(2)21-14(17-11)7-13(18-21)15(22)20-5-4-16(9-20)8-19(3)10-23-16/h6-7H,4-5,8-10H2,1-3H3. The van der Waals surface area contributed by atoms with Crippen LogP contribution in [0.3, 0.4) is 0 Å². The Bertz CT molecular complexity index is 786. The number of amides is 1. The lowest BCUT2D eigenvalue weighted by molar-refractivity contribution is 0.0133. The zero-order chi connectivity index (χ0) is 16.2. The number of hydrogen-bond acceptors (Lipinski definition) is 5. The number of rotatable bonds is 1. The van der Waals surface area contributed by atoms with Crippen LogP contribution >= 0.6 is 0 Å². The van der Waals surface area contributed by atoms with Gasteiger partial charge >= 0.3 is 0 Å². The van der Waals surface area contributed by atoms with Gasteiger partial charge in [0.25, 0.3) is 5.91 Å².